The highest BCUT2D eigenvalue weighted by atomic mass is 16.5. The number of allylic oxidation sites excluding steroid dienone is 3. The Labute approximate surface area is 399 Å². The molecule has 0 heterocycles. The molecule has 0 saturated heterocycles. The number of aliphatic hydroxyl groups is 2. The predicted molar refractivity (Wildman–Crippen MR) is 278 cm³/mol. The van der Waals surface area contributed by atoms with E-state index in [-0.39, 0.29) is 18.5 Å². The lowest BCUT2D eigenvalue weighted by Crippen LogP contribution is -2.45. The molecule has 64 heavy (non-hydrogen) atoms. The highest BCUT2D eigenvalue weighted by Gasteiger charge is 2.18. The van der Waals surface area contributed by atoms with Crippen molar-refractivity contribution in [3.05, 3.63) is 24.3 Å². The Bertz CT molecular complexity index is 997. The number of hydrogen-bond acceptors (Lipinski definition) is 5. The molecule has 0 aromatic rings. The molecule has 1 amide bonds. The van der Waals surface area contributed by atoms with E-state index in [1.54, 1.807) is 6.08 Å². The van der Waals surface area contributed by atoms with Gasteiger partial charge in [-0.15, -0.1) is 0 Å². The molecule has 0 aliphatic carbocycles. The number of unbranched alkanes of at least 4 members (excludes halogenated alkanes) is 40. The molecule has 0 fully saturated rings. The van der Waals surface area contributed by atoms with Crippen LogP contribution in [0, 0.1) is 0 Å². The molecule has 2 atom stereocenters. The number of hydrogen-bond donors (Lipinski definition) is 3. The van der Waals surface area contributed by atoms with Gasteiger partial charge in [0, 0.05) is 12.8 Å². The number of nitrogens with one attached hydrogen (secondary N) is 1. The average molecular weight is 903 g/mol. The van der Waals surface area contributed by atoms with E-state index in [0.29, 0.717) is 19.4 Å². The largest absolute Gasteiger partial charge is 0.466 e. The number of aliphatic hydroxyl groups excluding tert-OH is 2. The van der Waals surface area contributed by atoms with Crippen molar-refractivity contribution < 1.29 is 24.5 Å². The molecule has 0 saturated carbocycles. The van der Waals surface area contributed by atoms with Crippen LogP contribution in [0.2, 0.25) is 0 Å². The topological polar surface area (TPSA) is 95.9 Å². The SMILES string of the molecule is CCCCCCCCCC/C=C/C(O)C(CO)NC(=O)CCCCCCCCC/C=C\CCCCCCCCCCCCCOC(=O)CCCCCCCCCCCCCCCCC. The summed E-state index contributed by atoms with van der Waals surface area (Å²) in [4.78, 5) is 24.4. The lowest BCUT2D eigenvalue weighted by atomic mass is 10.0. The van der Waals surface area contributed by atoms with E-state index >= 15 is 0 Å². The molecule has 0 bridgehead atoms. The van der Waals surface area contributed by atoms with Crippen molar-refractivity contribution in [2.75, 3.05) is 13.2 Å². The normalized spacial score (nSPS) is 12.8. The van der Waals surface area contributed by atoms with Crippen molar-refractivity contribution in [2.45, 2.75) is 321 Å². The van der Waals surface area contributed by atoms with Crippen molar-refractivity contribution in [2.24, 2.45) is 0 Å². The van der Waals surface area contributed by atoms with Gasteiger partial charge in [0.2, 0.25) is 5.91 Å². The van der Waals surface area contributed by atoms with Gasteiger partial charge in [-0.1, -0.05) is 263 Å². The molecule has 378 valence electrons. The Balaban J connectivity index is 3.40. The average Bonchev–Trinajstić information content (AvgIpc) is 3.29. The third kappa shape index (κ3) is 49.8. The van der Waals surface area contributed by atoms with Crippen LogP contribution in [0.15, 0.2) is 24.3 Å². The van der Waals surface area contributed by atoms with E-state index < -0.39 is 12.1 Å². The van der Waals surface area contributed by atoms with Gasteiger partial charge >= 0.3 is 5.97 Å². The van der Waals surface area contributed by atoms with Crippen LogP contribution in [-0.2, 0) is 14.3 Å². The third-order valence-corrected chi connectivity index (χ3v) is 13.2. The molecule has 6 nitrogen and oxygen atoms in total. The van der Waals surface area contributed by atoms with Crippen molar-refractivity contribution in [3.63, 3.8) is 0 Å². The number of ether oxygens (including phenoxy) is 1. The van der Waals surface area contributed by atoms with Gasteiger partial charge in [0.05, 0.1) is 25.4 Å². The van der Waals surface area contributed by atoms with Crippen molar-refractivity contribution in [1.29, 1.82) is 0 Å². The van der Waals surface area contributed by atoms with Crippen molar-refractivity contribution >= 4 is 11.9 Å². The second-order valence-corrected chi connectivity index (χ2v) is 19.6. The van der Waals surface area contributed by atoms with Crippen LogP contribution in [0.5, 0.6) is 0 Å². The zero-order valence-electron chi connectivity index (χ0n) is 43.0. The Kier molecular flexibility index (Phi) is 52.6. The summed E-state index contributed by atoms with van der Waals surface area (Å²) in [6, 6.07) is -0.630. The van der Waals surface area contributed by atoms with Crippen LogP contribution in [0.3, 0.4) is 0 Å². The van der Waals surface area contributed by atoms with E-state index in [4.69, 9.17) is 4.74 Å². The minimum atomic E-state index is -0.846. The van der Waals surface area contributed by atoms with E-state index in [1.807, 2.05) is 6.08 Å². The fourth-order valence-electron chi connectivity index (χ4n) is 8.81. The maximum absolute atomic E-state index is 12.4. The summed E-state index contributed by atoms with van der Waals surface area (Å²) < 4.78 is 5.48. The van der Waals surface area contributed by atoms with Crippen LogP contribution in [0.4, 0.5) is 0 Å². The Hall–Kier alpha value is -1.66. The summed E-state index contributed by atoms with van der Waals surface area (Å²) in [5.41, 5.74) is 0. The minimum absolute atomic E-state index is 0.0121. The van der Waals surface area contributed by atoms with Crippen LogP contribution in [0.1, 0.15) is 309 Å². The van der Waals surface area contributed by atoms with Gasteiger partial charge in [0.15, 0.2) is 0 Å². The van der Waals surface area contributed by atoms with E-state index in [9.17, 15) is 19.8 Å². The van der Waals surface area contributed by atoms with E-state index in [1.165, 1.54) is 238 Å². The summed E-state index contributed by atoms with van der Waals surface area (Å²) in [5, 5.41) is 23.0. The predicted octanol–water partition coefficient (Wildman–Crippen LogP) is 17.5. The molecule has 0 aliphatic heterocycles. The Morgan fingerprint density at radius 3 is 1.11 bits per heavy atom. The third-order valence-electron chi connectivity index (χ3n) is 13.2. The van der Waals surface area contributed by atoms with Crippen LogP contribution in [-0.4, -0.2) is 47.4 Å². The highest BCUT2D eigenvalue weighted by Crippen LogP contribution is 2.16. The maximum atomic E-state index is 12.4. The fourth-order valence-corrected chi connectivity index (χ4v) is 8.81. The molecule has 0 aromatic carbocycles. The maximum Gasteiger partial charge on any atom is 0.305 e. The first kappa shape index (κ1) is 62.3. The zero-order chi connectivity index (χ0) is 46.5. The lowest BCUT2D eigenvalue weighted by Gasteiger charge is -2.20. The van der Waals surface area contributed by atoms with Crippen molar-refractivity contribution in [1.82, 2.24) is 5.32 Å². The molecule has 0 radical (unpaired) electrons. The summed E-state index contributed by atoms with van der Waals surface area (Å²) in [6.07, 6.45) is 64.9. The number of carbonyl (C=O) groups is 2. The highest BCUT2D eigenvalue weighted by molar-refractivity contribution is 5.76. The molecular weight excluding hydrogens is 791 g/mol. The molecule has 6 heteroatoms. The number of carbonyl (C=O) groups excluding carboxylic acids is 2. The first-order valence-electron chi connectivity index (χ1n) is 28.6. The van der Waals surface area contributed by atoms with Gasteiger partial charge in [-0.05, 0) is 57.8 Å². The van der Waals surface area contributed by atoms with Gasteiger partial charge in [-0.2, -0.15) is 0 Å². The van der Waals surface area contributed by atoms with Crippen LogP contribution in [0.25, 0.3) is 0 Å². The second-order valence-electron chi connectivity index (χ2n) is 19.6. The lowest BCUT2D eigenvalue weighted by molar-refractivity contribution is -0.143. The first-order valence-corrected chi connectivity index (χ1v) is 28.6. The molecule has 0 spiro atoms. The van der Waals surface area contributed by atoms with E-state index in [2.05, 4.69) is 31.3 Å². The Morgan fingerprint density at radius 2 is 0.734 bits per heavy atom. The van der Waals surface area contributed by atoms with Gasteiger partial charge < -0.3 is 20.3 Å². The van der Waals surface area contributed by atoms with Crippen LogP contribution >= 0.6 is 0 Å². The molecule has 0 aliphatic rings. The summed E-state index contributed by atoms with van der Waals surface area (Å²) in [6.45, 7) is 4.89. The van der Waals surface area contributed by atoms with Gasteiger partial charge in [-0.3, -0.25) is 9.59 Å². The summed E-state index contributed by atoms with van der Waals surface area (Å²) in [7, 11) is 0. The smallest absolute Gasteiger partial charge is 0.305 e. The minimum Gasteiger partial charge on any atom is -0.466 e. The molecule has 0 rings (SSSR count). The molecule has 0 aromatic heterocycles. The molecule has 3 N–H and O–H groups in total. The fraction of sp³-hybridized carbons (Fsp3) is 0.897. The molecular formula is C58H111NO5. The summed E-state index contributed by atoms with van der Waals surface area (Å²) >= 11 is 0. The van der Waals surface area contributed by atoms with Gasteiger partial charge in [0.1, 0.15) is 0 Å². The monoisotopic (exact) mass is 902 g/mol. The second kappa shape index (κ2) is 54.0. The van der Waals surface area contributed by atoms with E-state index in [0.717, 1.165) is 44.9 Å². The standard InChI is InChI=1S/C58H111NO5/c1-3-5-7-9-11-13-15-16-25-29-32-36-40-44-48-52-58(63)64-53-49-45-41-37-33-30-27-24-22-20-18-17-19-21-23-26-28-31-35-39-43-47-51-57(62)59-55(54-60)56(61)50-46-42-38-34-14-12-10-8-6-4-2/h19,21,46,50,55-56,60-61H,3-18,20,22-45,47-49,51-54H2,1-2H3,(H,59,62)/b21-19-,50-46+. The number of esters is 1. The van der Waals surface area contributed by atoms with Gasteiger partial charge in [-0.25, -0.2) is 0 Å². The summed E-state index contributed by atoms with van der Waals surface area (Å²) in [5.74, 6) is -0.0644. The van der Waals surface area contributed by atoms with Crippen molar-refractivity contribution in [3.8, 4) is 0 Å². The Morgan fingerprint density at radius 1 is 0.422 bits per heavy atom. The quantitative estimate of drug-likeness (QED) is 0.0321. The molecule has 2 unspecified atom stereocenters. The number of amides is 1. The van der Waals surface area contributed by atoms with Gasteiger partial charge in [0.25, 0.3) is 0 Å². The van der Waals surface area contributed by atoms with Crippen LogP contribution < -0.4 is 5.32 Å². The number of rotatable bonds is 53. The zero-order valence-corrected chi connectivity index (χ0v) is 43.0. The first-order chi connectivity index (χ1) is 31.5.